The highest BCUT2D eigenvalue weighted by atomic mass is 32.2. The molecule has 3 rings (SSSR count). The van der Waals surface area contributed by atoms with Crippen LogP contribution in [-0.2, 0) is 16.6 Å². The van der Waals surface area contributed by atoms with E-state index in [0.717, 1.165) is 31.9 Å². The number of hydrogen-bond donors (Lipinski definition) is 1. The van der Waals surface area contributed by atoms with Crippen molar-refractivity contribution in [3.8, 4) is 0 Å². The number of anilines is 1. The normalized spacial score (nSPS) is 14.9. The SMILES string of the molecule is CS(=O)(=O)N(Cc1ccc(F)cc1)c1ccc(C(=O)NC2CCCC2)cc1. The summed E-state index contributed by atoms with van der Waals surface area (Å²) in [5.74, 6) is -0.514. The minimum absolute atomic E-state index is 0.0900. The van der Waals surface area contributed by atoms with Gasteiger partial charge in [0.15, 0.2) is 0 Å². The minimum Gasteiger partial charge on any atom is -0.349 e. The van der Waals surface area contributed by atoms with Crippen LogP contribution < -0.4 is 9.62 Å². The Morgan fingerprint density at radius 3 is 2.22 bits per heavy atom. The van der Waals surface area contributed by atoms with Crippen LogP contribution in [-0.4, -0.2) is 26.6 Å². The quantitative estimate of drug-likeness (QED) is 0.821. The van der Waals surface area contributed by atoms with E-state index in [4.69, 9.17) is 0 Å². The van der Waals surface area contributed by atoms with Crippen molar-refractivity contribution in [2.75, 3.05) is 10.6 Å². The second-order valence-electron chi connectivity index (χ2n) is 6.90. The summed E-state index contributed by atoms with van der Waals surface area (Å²) in [6.07, 6.45) is 5.40. The topological polar surface area (TPSA) is 66.5 Å². The van der Waals surface area contributed by atoms with Crippen LogP contribution in [0, 0.1) is 5.82 Å². The fourth-order valence-electron chi connectivity index (χ4n) is 3.27. The Morgan fingerprint density at radius 2 is 1.67 bits per heavy atom. The highest BCUT2D eigenvalue weighted by Crippen LogP contribution is 2.22. The van der Waals surface area contributed by atoms with Crippen LogP contribution in [0.2, 0.25) is 0 Å². The number of nitrogens with zero attached hydrogens (tertiary/aromatic N) is 1. The summed E-state index contributed by atoms with van der Waals surface area (Å²) in [7, 11) is -3.54. The monoisotopic (exact) mass is 390 g/mol. The molecule has 1 aliphatic carbocycles. The summed E-state index contributed by atoms with van der Waals surface area (Å²) in [6.45, 7) is 0.0900. The number of benzene rings is 2. The Hall–Kier alpha value is -2.41. The molecule has 2 aromatic carbocycles. The summed E-state index contributed by atoms with van der Waals surface area (Å²) < 4.78 is 38.8. The summed E-state index contributed by atoms with van der Waals surface area (Å²) in [5, 5.41) is 3.01. The van der Waals surface area contributed by atoms with E-state index >= 15 is 0 Å². The maximum absolute atomic E-state index is 13.1. The van der Waals surface area contributed by atoms with Crippen molar-refractivity contribution in [1.29, 1.82) is 0 Å². The van der Waals surface area contributed by atoms with Crippen molar-refractivity contribution in [2.24, 2.45) is 0 Å². The summed E-state index contributed by atoms with van der Waals surface area (Å²) in [4.78, 5) is 12.3. The lowest BCUT2D eigenvalue weighted by atomic mass is 10.1. The molecule has 7 heteroatoms. The Bertz CT molecular complexity index is 890. The zero-order valence-corrected chi connectivity index (χ0v) is 16.0. The molecule has 0 bridgehead atoms. The second-order valence-corrected chi connectivity index (χ2v) is 8.80. The summed E-state index contributed by atoms with van der Waals surface area (Å²) >= 11 is 0. The van der Waals surface area contributed by atoms with Crippen molar-refractivity contribution in [1.82, 2.24) is 5.32 Å². The summed E-state index contributed by atoms with van der Waals surface area (Å²) in [6, 6.07) is 12.4. The molecule has 0 radical (unpaired) electrons. The predicted octanol–water partition coefficient (Wildman–Crippen LogP) is 3.46. The van der Waals surface area contributed by atoms with Gasteiger partial charge in [-0.05, 0) is 54.8 Å². The van der Waals surface area contributed by atoms with Gasteiger partial charge >= 0.3 is 0 Å². The second kappa shape index (κ2) is 8.08. The Balaban J connectivity index is 1.76. The van der Waals surface area contributed by atoms with Crippen LogP contribution in [0.15, 0.2) is 48.5 Å². The average molecular weight is 390 g/mol. The van der Waals surface area contributed by atoms with E-state index in [1.807, 2.05) is 0 Å². The van der Waals surface area contributed by atoms with Gasteiger partial charge in [0.2, 0.25) is 10.0 Å². The Labute approximate surface area is 159 Å². The van der Waals surface area contributed by atoms with E-state index in [1.165, 1.54) is 16.4 Å². The fraction of sp³-hybridized carbons (Fsp3) is 0.350. The third-order valence-electron chi connectivity index (χ3n) is 4.75. The minimum atomic E-state index is -3.54. The van der Waals surface area contributed by atoms with Crippen LogP contribution in [0.4, 0.5) is 10.1 Å². The first-order chi connectivity index (χ1) is 12.8. The molecule has 2 aromatic rings. The van der Waals surface area contributed by atoms with E-state index < -0.39 is 10.0 Å². The highest BCUT2D eigenvalue weighted by Gasteiger charge is 2.20. The zero-order valence-electron chi connectivity index (χ0n) is 15.2. The average Bonchev–Trinajstić information content (AvgIpc) is 3.13. The summed E-state index contributed by atoms with van der Waals surface area (Å²) in [5.41, 5.74) is 1.63. The third-order valence-corrected chi connectivity index (χ3v) is 5.89. The van der Waals surface area contributed by atoms with E-state index in [0.29, 0.717) is 16.8 Å². The van der Waals surface area contributed by atoms with Crippen LogP contribution in [0.1, 0.15) is 41.6 Å². The Kier molecular flexibility index (Phi) is 5.79. The number of rotatable bonds is 6. The van der Waals surface area contributed by atoms with Gasteiger partial charge in [0.1, 0.15) is 5.82 Å². The molecule has 5 nitrogen and oxygen atoms in total. The molecule has 1 fully saturated rings. The number of hydrogen-bond acceptors (Lipinski definition) is 3. The van der Waals surface area contributed by atoms with E-state index in [-0.39, 0.29) is 24.3 Å². The molecular formula is C20H23FN2O3S. The molecular weight excluding hydrogens is 367 g/mol. The van der Waals surface area contributed by atoms with Crippen molar-refractivity contribution in [2.45, 2.75) is 38.3 Å². The molecule has 0 aliphatic heterocycles. The van der Waals surface area contributed by atoms with Gasteiger partial charge < -0.3 is 5.32 Å². The maximum Gasteiger partial charge on any atom is 0.251 e. The number of amides is 1. The number of sulfonamides is 1. The molecule has 0 heterocycles. The zero-order chi connectivity index (χ0) is 19.4. The van der Waals surface area contributed by atoms with Gasteiger partial charge in [-0.2, -0.15) is 0 Å². The van der Waals surface area contributed by atoms with Crippen LogP contribution in [0.25, 0.3) is 0 Å². The van der Waals surface area contributed by atoms with Crippen LogP contribution >= 0.6 is 0 Å². The molecule has 1 aliphatic rings. The van der Waals surface area contributed by atoms with Gasteiger partial charge in [0, 0.05) is 11.6 Å². The molecule has 1 N–H and O–H groups in total. The molecule has 0 spiro atoms. The van der Waals surface area contributed by atoms with Crippen molar-refractivity contribution in [3.05, 3.63) is 65.5 Å². The first-order valence-electron chi connectivity index (χ1n) is 8.96. The van der Waals surface area contributed by atoms with Gasteiger partial charge in [-0.15, -0.1) is 0 Å². The largest absolute Gasteiger partial charge is 0.349 e. The predicted molar refractivity (Wildman–Crippen MR) is 104 cm³/mol. The van der Waals surface area contributed by atoms with Crippen molar-refractivity contribution < 1.29 is 17.6 Å². The molecule has 27 heavy (non-hydrogen) atoms. The molecule has 1 amide bonds. The lowest BCUT2D eigenvalue weighted by Gasteiger charge is -2.23. The molecule has 0 saturated heterocycles. The van der Waals surface area contributed by atoms with Crippen molar-refractivity contribution in [3.63, 3.8) is 0 Å². The van der Waals surface area contributed by atoms with Gasteiger partial charge in [0.05, 0.1) is 18.5 Å². The van der Waals surface area contributed by atoms with Crippen LogP contribution in [0.3, 0.4) is 0 Å². The van der Waals surface area contributed by atoms with Gasteiger partial charge in [-0.25, -0.2) is 12.8 Å². The Morgan fingerprint density at radius 1 is 1.07 bits per heavy atom. The number of carbonyl (C=O) groups is 1. The number of nitrogens with one attached hydrogen (secondary N) is 1. The first kappa shape index (κ1) is 19.4. The third kappa shape index (κ3) is 5.07. The molecule has 1 saturated carbocycles. The maximum atomic E-state index is 13.1. The molecule has 144 valence electrons. The molecule has 0 unspecified atom stereocenters. The lowest BCUT2D eigenvalue weighted by molar-refractivity contribution is 0.0938. The number of halogens is 1. The smallest absolute Gasteiger partial charge is 0.251 e. The first-order valence-corrected chi connectivity index (χ1v) is 10.8. The standard InChI is InChI=1S/C20H23FN2O3S/c1-27(25,26)23(14-15-6-10-17(21)11-7-15)19-12-8-16(9-13-19)20(24)22-18-4-2-3-5-18/h6-13,18H,2-5,14H2,1H3,(H,22,24). The molecule has 0 atom stereocenters. The number of carbonyl (C=O) groups excluding carboxylic acids is 1. The lowest BCUT2D eigenvalue weighted by Crippen LogP contribution is -2.32. The van der Waals surface area contributed by atoms with Gasteiger partial charge in [0.25, 0.3) is 5.91 Å². The molecule has 0 aromatic heterocycles. The van der Waals surface area contributed by atoms with E-state index in [9.17, 15) is 17.6 Å². The van der Waals surface area contributed by atoms with E-state index in [2.05, 4.69) is 5.32 Å². The van der Waals surface area contributed by atoms with Gasteiger partial charge in [-0.3, -0.25) is 9.10 Å². The fourth-order valence-corrected chi connectivity index (χ4v) is 4.16. The van der Waals surface area contributed by atoms with E-state index in [1.54, 1.807) is 36.4 Å². The van der Waals surface area contributed by atoms with Gasteiger partial charge in [-0.1, -0.05) is 25.0 Å². The van der Waals surface area contributed by atoms with Crippen LogP contribution in [0.5, 0.6) is 0 Å². The van der Waals surface area contributed by atoms with Crippen molar-refractivity contribution >= 4 is 21.6 Å². The highest BCUT2D eigenvalue weighted by molar-refractivity contribution is 7.92.